The molecule has 0 aliphatic heterocycles. The van der Waals surface area contributed by atoms with Gasteiger partial charge in [-0.05, 0) is 49.2 Å². The molecule has 28 heavy (non-hydrogen) atoms. The molecule has 0 aliphatic carbocycles. The van der Waals surface area contributed by atoms with Crippen molar-refractivity contribution in [3.63, 3.8) is 0 Å². The number of aromatic nitrogens is 1. The maximum absolute atomic E-state index is 12.4. The summed E-state index contributed by atoms with van der Waals surface area (Å²) in [6, 6.07) is 14.9. The monoisotopic (exact) mass is 383 g/mol. The van der Waals surface area contributed by atoms with Gasteiger partial charge in [-0.1, -0.05) is 29.8 Å². The van der Waals surface area contributed by atoms with Gasteiger partial charge in [-0.15, -0.1) is 13.2 Å². The Labute approximate surface area is 160 Å². The lowest BCUT2D eigenvalue weighted by Gasteiger charge is -2.13. The number of anilines is 1. The molecule has 0 spiro atoms. The molecule has 0 amide bonds. The smallest absolute Gasteiger partial charge is 0.406 e. The van der Waals surface area contributed by atoms with Gasteiger partial charge in [0.05, 0.1) is 5.69 Å². The molecular formula is C21H16F3N3O. The van der Waals surface area contributed by atoms with Crippen LogP contribution < -0.4 is 10.5 Å². The van der Waals surface area contributed by atoms with Crippen LogP contribution in [0.3, 0.4) is 0 Å². The van der Waals surface area contributed by atoms with Crippen LogP contribution in [-0.2, 0) is 0 Å². The summed E-state index contributed by atoms with van der Waals surface area (Å²) in [5, 5.41) is 9.48. The van der Waals surface area contributed by atoms with Gasteiger partial charge in [0.15, 0.2) is 0 Å². The summed E-state index contributed by atoms with van der Waals surface area (Å²) in [6.45, 7) is 3.89. The predicted molar refractivity (Wildman–Crippen MR) is 100 cm³/mol. The van der Waals surface area contributed by atoms with Crippen molar-refractivity contribution in [1.29, 1.82) is 5.26 Å². The molecule has 0 unspecified atom stereocenters. The van der Waals surface area contributed by atoms with Crippen molar-refractivity contribution < 1.29 is 17.9 Å². The topological polar surface area (TPSA) is 71.9 Å². The van der Waals surface area contributed by atoms with Crippen LogP contribution in [0.1, 0.15) is 16.7 Å². The molecule has 1 aromatic heterocycles. The highest BCUT2D eigenvalue weighted by atomic mass is 19.4. The van der Waals surface area contributed by atoms with E-state index in [4.69, 9.17) is 5.73 Å². The van der Waals surface area contributed by atoms with Gasteiger partial charge in [-0.2, -0.15) is 5.26 Å². The van der Waals surface area contributed by atoms with Crippen LogP contribution >= 0.6 is 0 Å². The first-order valence-electron chi connectivity index (χ1n) is 8.32. The molecule has 3 rings (SSSR count). The third-order valence-corrected chi connectivity index (χ3v) is 4.23. The van der Waals surface area contributed by atoms with Crippen molar-refractivity contribution in [1.82, 2.24) is 4.98 Å². The second kappa shape index (κ2) is 7.24. The fraction of sp³-hybridized carbons (Fsp3) is 0.143. The first-order valence-corrected chi connectivity index (χ1v) is 8.32. The number of pyridine rings is 1. The first-order chi connectivity index (χ1) is 13.2. The lowest BCUT2D eigenvalue weighted by Crippen LogP contribution is -2.16. The van der Waals surface area contributed by atoms with Gasteiger partial charge in [0.25, 0.3) is 0 Å². The minimum absolute atomic E-state index is 0.0616. The quantitative estimate of drug-likeness (QED) is 0.659. The number of nitrogens with two attached hydrogens (primary N) is 1. The molecule has 142 valence electrons. The number of nitrogens with zero attached hydrogens (tertiary/aromatic N) is 2. The van der Waals surface area contributed by atoms with E-state index in [-0.39, 0.29) is 17.1 Å². The fourth-order valence-corrected chi connectivity index (χ4v) is 2.90. The van der Waals surface area contributed by atoms with E-state index in [1.165, 1.54) is 24.3 Å². The van der Waals surface area contributed by atoms with Gasteiger partial charge in [0, 0.05) is 11.1 Å². The number of ether oxygens (including phenoxy) is 1. The fourth-order valence-electron chi connectivity index (χ4n) is 2.90. The Bertz CT molecular complexity index is 1070. The summed E-state index contributed by atoms with van der Waals surface area (Å²) in [4.78, 5) is 4.35. The molecule has 0 fully saturated rings. The van der Waals surface area contributed by atoms with Gasteiger partial charge < -0.3 is 10.5 Å². The Hall–Kier alpha value is -3.53. The number of halogens is 3. The number of aryl methyl sites for hydroxylation is 2. The number of rotatable bonds is 3. The minimum atomic E-state index is -4.77. The van der Waals surface area contributed by atoms with Gasteiger partial charge in [0.1, 0.15) is 23.2 Å². The molecule has 3 aromatic rings. The average Bonchev–Trinajstić information content (AvgIpc) is 2.62. The number of nitriles is 1. The molecule has 2 aromatic carbocycles. The Balaban J connectivity index is 2.11. The number of benzene rings is 2. The van der Waals surface area contributed by atoms with E-state index in [1.807, 2.05) is 38.1 Å². The zero-order chi connectivity index (χ0) is 20.5. The normalized spacial score (nSPS) is 11.1. The zero-order valence-electron chi connectivity index (χ0n) is 15.1. The molecule has 4 nitrogen and oxygen atoms in total. The van der Waals surface area contributed by atoms with Gasteiger partial charge in [0.2, 0.25) is 0 Å². The summed E-state index contributed by atoms with van der Waals surface area (Å²) in [6.07, 6.45) is -4.77. The standard InChI is InChI=1S/C21H16F3N3O/c1-12-3-4-13(2)16(9-12)19-10-17(18(11-25)20(26)27-19)14-5-7-15(8-6-14)28-21(22,23)24/h3-10H,1-2H3,(H2,26,27). The lowest BCUT2D eigenvalue weighted by atomic mass is 9.96. The molecule has 1 heterocycles. The van der Waals surface area contributed by atoms with Crippen molar-refractivity contribution in [2.24, 2.45) is 0 Å². The van der Waals surface area contributed by atoms with E-state index in [1.54, 1.807) is 6.07 Å². The summed E-state index contributed by atoms with van der Waals surface area (Å²) >= 11 is 0. The third-order valence-electron chi connectivity index (χ3n) is 4.23. The molecule has 7 heteroatoms. The maximum atomic E-state index is 12.4. The molecule has 0 atom stereocenters. The van der Waals surface area contributed by atoms with Crippen LogP contribution in [0, 0.1) is 25.2 Å². The van der Waals surface area contributed by atoms with Gasteiger partial charge in [-0.25, -0.2) is 4.98 Å². The van der Waals surface area contributed by atoms with Gasteiger partial charge in [-0.3, -0.25) is 0 Å². The molecule has 0 saturated carbocycles. The van der Waals surface area contributed by atoms with Crippen LogP contribution in [0.15, 0.2) is 48.5 Å². The Morgan fingerprint density at radius 3 is 2.29 bits per heavy atom. The van der Waals surface area contributed by atoms with Crippen molar-refractivity contribution in [3.05, 3.63) is 65.2 Å². The molecule has 0 aliphatic rings. The summed E-state index contributed by atoms with van der Waals surface area (Å²) in [5.74, 6) is -0.280. The van der Waals surface area contributed by atoms with Crippen LogP contribution in [-0.4, -0.2) is 11.3 Å². The summed E-state index contributed by atoms with van der Waals surface area (Å²) in [5.41, 5.74) is 10.7. The Kier molecular flexibility index (Phi) is 4.97. The Morgan fingerprint density at radius 1 is 1.00 bits per heavy atom. The van der Waals surface area contributed by atoms with E-state index < -0.39 is 6.36 Å². The number of nitrogen functional groups attached to an aromatic ring is 1. The van der Waals surface area contributed by atoms with Crippen molar-refractivity contribution in [2.45, 2.75) is 20.2 Å². The number of hydrogen-bond donors (Lipinski definition) is 1. The molecule has 2 N–H and O–H groups in total. The molecule has 0 saturated heterocycles. The summed E-state index contributed by atoms with van der Waals surface area (Å²) < 4.78 is 41.0. The van der Waals surface area contributed by atoms with E-state index in [0.29, 0.717) is 16.8 Å². The summed E-state index contributed by atoms with van der Waals surface area (Å²) in [7, 11) is 0. The van der Waals surface area contributed by atoms with Crippen LogP contribution in [0.2, 0.25) is 0 Å². The van der Waals surface area contributed by atoms with E-state index >= 15 is 0 Å². The average molecular weight is 383 g/mol. The lowest BCUT2D eigenvalue weighted by molar-refractivity contribution is -0.274. The predicted octanol–water partition coefficient (Wildman–Crippen LogP) is 5.38. The second-order valence-corrected chi connectivity index (χ2v) is 6.32. The number of hydrogen-bond acceptors (Lipinski definition) is 4. The number of alkyl halides is 3. The molecule has 0 radical (unpaired) electrons. The largest absolute Gasteiger partial charge is 0.573 e. The minimum Gasteiger partial charge on any atom is -0.406 e. The highest BCUT2D eigenvalue weighted by molar-refractivity contribution is 5.81. The van der Waals surface area contributed by atoms with Crippen LogP contribution in [0.25, 0.3) is 22.4 Å². The van der Waals surface area contributed by atoms with Crippen molar-refractivity contribution >= 4 is 5.82 Å². The van der Waals surface area contributed by atoms with E-state index in [2.05, 4.69) is 9.72 Å². The van der Waals surface area contributed by atoms with Crippen LogP contribution in [0.4, 0.5) is 19.0 Å². The highest BCUT2D eigenvalue weighted by Gasteiger charge is 2.31. The van der Waals surface area contributed by atoms with Gasteiger partial charge >= 0.3 is 6.36 Å². The second-order valence-electron chi connectivity index (χ2n) is 6.32. The molecular weight excluding hydrogens is 367 g/mol. The van der Waals surface area contributed by atoms with Crippen molar-refractivity contribution in [2.75, 3.05) is 5.73 Å². The molecule has 0 bridgehead atoms. The SMILES string of the molecule is Cc1ccc(C)c(-c2cc(-c3ccc(OC(F)(F)F)cc3)c(C#N)c(N)n2)c1. The van der Waals surface area contributed by atoms with Crippen LogP contribution in [0.5, 0.6) is 5.75 Å². The Morgan fingerprint density at radius 2 is 1.68 bits per heavy atom. The zero-order valence-corrected chi connectivity index (χ0v) is 15.1. The van der Waals surface area contributed by atoms with Crippen molar-refractivity contribution in [3.8, 4) is 34.2 Å². The highest BCUT2D eigenvalue weighted by Crippen LogP contribution is 2.34. The third kappa shape index (κ3) is 4.07. The maximum Gasteiger partial charge on any atom is 0.573 e. The first kappa shape index (κ1) is 19.2. The van der Waals surface area contributed by atoms with E-state index in [0.717, 1.165) is 16.7 Å². The van der Waals surface area contributed by atoms with E-state index in [9.17, 15) is 18.4 Å².